The van der Waals surface area contributed by atoms with E-state index in [9.17, 15) is 0 Å². The second-order valence-corrected chi connectivity index (χ2v) is 6.43. The molecular formula is C14H18ClN5S. The molecule has 1 aliphatic carbocycles. The highest BCUT2D eigenvalue weighted by molar-refractivity contribution is 7.98. The Hall–Kier alpha value is -1.14. The van der Waals surface area contributed by atoms with Crippen LogP contribution in [0.1, 0.15) is 32.1 Å². The normalized spacial score (nSPS) is 16.3. The molecule has 0 amide bonds. The van der Waals surface area contributed by atoms with Crippen LogP contribution in [0.2, 0.25) is 5.28 Å². The van der Waals surface area contributed by atoms with Crippen molar-refractivity contribution >= 4 is 40.2 Å². The zero-order valence-electron chi connectivity index (χ0n) is 12.2. The Balaban J connectivity index is 2.08. The molecule has 1 aliphatic rings. The van der Waals surface area contributed by atoms with Gasteiger partial charge in [-0.25, -0.2) is 15.0 Å². The number of hydrogen-bond donors (Lipinski definition) is 0. The van der Waals surface area contributed by atoms with Crippen molar-refractivity contribution in [2.75, 3.05) is 18.2 Å². The molecule has 2 aromatic rings. The third-order valence-electron chi connectivity index (χ3n) is 4.05. The fourth-order valence-electron chi connectivity index (χ4n) is 2.92. The molecule has 0 bridgehead atoms. The van der Waals surface area contributed by atoms with Gasteiger partial charge in [0.05, 0.1) is 0 Å². The van der Waals surface area contributed by atoms with E-state index >= 15 is 0 Å². The van der Waals surface area contributed by atoms with Gasteiger partial charge in [-0.2, -0.15) is 4.98 Å². The standard InChI is InChI=1S/C14H18ClN5S/c1-20(9-6-4-3-5-7-9)12-10-11(18-14(15)19-12)13(21-2)17-8-16-10/h8-9H,3-7H2,1-2H3. The molecule has 0 radical (unpaired) electrons. The van der Waals surface area contributed by atoms with Crippen molar-refractivity contribution < 1.29 is 0 Å². The molecule has 3 rings (SSSR count). The minimum absolute atomic E-state index is 0.255. The first-order valence-corrected chi connectivity index (χ1v) is 8.76. The van der Waals surface area contributed by atoms with E-state index in [4.69, 9.17) is 11.6 Å². The lowest BCUT2D eigenvalue weighted by atomic mass is 9.94. The first kappa shape index (κ1) is 14.8. The van der Waals surface area contributed by atoms with Crippen molar-refractivity contribution in [1.29, 1.82) is 0 Å². The third kappa shape index (κ3) is 2.92. The summed E-state index contributed by atoms with van der Waals surface area (Å²) in [6, 6.07) is 0.501. The average Bonchev–Trinajstić information content (AvgIpc) is 2.53. The zero-order valence-corrected chi connectivity index (χ0v) is 13.8. The van der Waals surface area contributed by atoms with Crippen molar-refractivity contribution in [3.05, 3.63) is 11.6 Å². The molecule has 0 aromatic carbocycles. The van der Waals surface area contributed by atoms with Crippen molar-refractivity contribution in [1.82, 2.24) is 19.9 Å². The highest BCUT2D eigenvalue weighted by atomic mass is 35.5. The van der Waals surface area contributed by atoms with Gasteiger partial charge >= 0.3 is 0 Å². The van der Waals surface area contributed by atoms with Gasteiger partial charge in [0, 0.05) is 13.1 Å². The van der Waals surface area contributed by atoms with Crippen LogP contribution in [-0.4, -0.2) is 39.3 Å². The molecule has 7 heteroatoms. The Morgan fingerprint density at radius 2 is 1.90 bits per heavy atom. The maximum absolute atomic E-state index is 6.12. The van der Waals surface area contributed by atoms with E-state index in [1.54, 1.807) is 18.1 Å². The third-order valence-corrected chi connectivity index (χ3v) is 4.91. The van der Waals surface area contributed by atoms with E-state index in [2.05, 4.69) is 31.9 Å². The number of fused-ring (bicyclic) bond motifs is 1. The molecule has 0 N–H and O–H groups in total. The summed E-state index contributed by atoms with van der Waals surface area (Å²) in [5, 5.41) is 1.09. The van der Waals surface area contributed by atoms with Crippen LogP contribution in [-0.2, 0) is 0 Å². The number of aromatic nitrogens is 4. The summed E-state index contributed by atoms with van der Waals surface area (Å²) in [6.45, 7) is 0. The molecule has 2 heterocycles. The van der Waals surface area contributed by atoms with E-state index in [0.717, 1.165) is 21.9 Å². The summed E-state index contributed by atoms with van der Waals surface area (Å²) in [7, 11) is 2.08. The van der Waals surface area contributed by atoms with Crippen LogP contribution in [0.3, 0.4) is 0 Å². The van der Waals surface area contributed by atoms with Crippen molar-refractivity contribution in [2.45, 2.75) is 43.2 Å². The summed E-state index contributed by atoms with van der Waals surface area (Å²) in [5.41, 5.74) is 1.52. The summed E-state index contributed by atoms with van der Waals surface area (Å²) >= 11 is 7.67. The fraction of sp³-hybridized carbons (Fsp3) is 0.571. The summed E-state index contributed by atoms with van der Waals surface area (Å²) in [6.07, 6.45) is 9.81. The lowest BCUT2D eigenvalue weighted by Crippen LogP contribution is -2.34. The van der Waals surface area contributed by atoms with E-state index in [0.29, 0.717) is 6.04 Å². The van der Waals surface area contributed by atoms with Crippen LogP contribution >= 0.6 is 23.4 Å². The second-order valence-electron chi connectivity index (χ2n) is 5.30. The average molecular weight is 324 g/mol. The Morgan fingerprint density at radius 3 is 2.62 bits per heavy atom. The highest BCUT2D eigenvalue weighted by Crippen LogP contribution is 2.31. The molecule has 0 atom stereocenters. The van der Waals surface area contributed by atoms with Gasteiger partial charge in [-0.3, -0.25) is 0 Å². The monoisotopic (exact) mass is 323 g/mol. The maximum Gasteiger partial charge on any atom is 0.225 e. The molecule has 0 spiro atoms. The predicted octanol–water partition coefficient (Wildman–Crippen LogP) is 3.56. The lowest BCUT2D eigenvalue weighted by molar-refractivity contribution is 0.426. The van der Waals surface area contributed by atoms with Gasteiger partial charge in [0.25, 0.3) is 0 Å². The molecule has 1 saturated carbocycles. The van der Waals surface area contributed by atoms with Crippen LogP contribution in [0, 0.1) is 0 Å². The SMILES string of the molecule is CSc1ncnc2c(N(C)C3CCCCC3)nc(Cl)nc12. The molecule has 0 unspecified atom stereocenters. The van der Waals surface area contributed by atoms with Gasteiger partial charge in [0.15, 0.2) is 5.82 Å². The van der Waals surface area contributed by atoms with Gasteiger partial charge in [0.2, 0.25) is 5.28 Å². The predicted molar refractivity (Wildman–Crippen MR) is 87.2 cm³/mol. The molecule has 21 heavy (non-hydrogen) atoms. The summed E-state index contributed by atoms with van der Waals surface area (Å²) in [5.74, 6) is 0.814. The van der Waals surface area contributed by atoms with Crippen molar-refractivity contribution in [3.8, 4) is 0 Å². The zero-order chi connectivity index (χ0) is 14.8. The number of nitrogens with zero attached hydrogens (tertiary/aromatic N) is 5. The van der Waals surface area contributed by atoms with Crippen molar-refractivity contribution in [2.24, 2.45) is 0 Å². The van der Waals surface area contributed by atoms with Crippen molar-refractivity contribution in [3.63, 3.8) is 0 Å². The largest absolute Gasteiger partial charge is 0.355 e. The van der Waals surface area contributed by atoms with Crippen LogP contribution in [0.5, 0.6) is 0 Å². The number of hydrogen-bond acceptors (Lipinski definition) is 6. The number of halogens is 1. The number of thioether (sulfide) groups is 1. The smallest absolute Gasteiger partial charge is 0.225 e. The quantitative estimate of drug-likeness (QED) is 0.489. The lowest BCUT2D eigenvalue weighted by Gasteiger charge is -2.32. The first-order chi connectivity index (χ1) is 10.2. The van der Waals surface area contributed by atoms with E-state index in [1.165, 1.54) is 32.1 Å². The first-order valence-electron chi connectivity index (χ1n) is 7.15. The van der Waals surface area contributed by atoms with Gasteiger partial charge in [-0.15, -0.1) is 11.8 Å². The number of rotatable bonds is 3. The van der Waals surface area contributed by atoms with E-state index < -0.39 is 0 Å². The van der Waals surface area contributed by atoms with Crippen LogP contribution in [0.25, 0.3) is 11.0 Å². The Morgan fingerprint density at radius 1 is 1.14 bits per heavy atom. The van der Waals surface area contributed by atoms with E-state index in [-0.39, 0.29) is 5.28 Å². The molecule has 5 nitrogen and oxygen atoms in total. The maximum atomic E-state index is 6.12. The van der Waals surface area contributed by atoms with Gasteiger partial charge in [-0.1, -0.05) is 19.3 Å². The van der Waals surface area contributed by atoms with Gasteiger partial charge in [0.1, 0.15) is 22.4 Å². The molecule has 1 fully saturated rings. The minimum Gasteiger partial charge on any atom is -0.355 e. The fourth-order valence-corrected chi connectivity index (χ4v) is 3.57. The summed E-state index contributed by atoms with van der Waals surface area (Å²) in [4.78, 5) is 19.6. The topological polar surface area (TPSA) is 54.8 Å². The van der Waals surface area contributed by atoms with Crippen LogP contribution < -0.4 is 4.90 Å². The molecule has 112 valence electrons. The second kappa shape index (κ2) is 6.32. The van der Waals surface area contributed by atoms with Gasteiger partial charge < -0.3 is 4.90 Å². The molecule has 0 saturated heterocycles. The Labute approximate surface area is 133 Å². The number of anilines is 1. The summed E-state index contributed by atoms with van der Waals surface area (Å²) < 4.78 is 0. The molecule has 2 aromatic heterocycles. The van der Waals surface area contributed by atoms with Gasteiger partial charge in [-0.05, 0) is 30.7 Å². The Bertz CT molecular complexity index is 645. The van der Waals surface area contributed by atoms with Crippen LogP contribution in [0.15, 0.2) is 11.4 Å². The minimum atomic E-state index is 0.255. The Kier molecular flexibility index (Phi) is 4.45. The van der Waals surface area contributed by atoms with E-state index in [1.807, 2.05) is 6.26 Å². The van der Waals surface area contributed by atoms with Crippen LogP contribution in [0.4, 0.5) is 5.82 Å². The highest BCUT2D eigenvalue weighted by Gasteiger charge is 2.23. The molecule has 0 aliphatic heterocycles. The molecular weight excluding hydrogens is 306 g/mol.